The fraction of sp³-hybridized carbons (Fsp3) is 0.286. The van der Waals surface area contributed by atoms with Gasteiger partial charge >= 0.3 is 0 Å². The molecule has 0 bridgehead atoms. The van der Waals surface area contributed by atoms with E-state index in [9.17, 15) is 0 Å². The Balaban J connectivity index is 2.39. The highest BCUT2D eigenvalue weighted by Crippen LogP contribution is 2.27. The number of halogens is 1. The van der Waals surface area contributed by atoms with E-state index in [-0.39, 0.29) is 0 Å². The first-order valence-electron chi connectivity index (χ1n) is 6.49. The van der Waals surface area contributed by atoms with Gasteiger partial charge in [0.25, 0.3) is 0 Å². The maximum atomic E-state index is 6.04. The number of anilines is 3. The number of hydrogen-bond acceptors (Lipinski definition) is 5. The zero-order valence-corrected chi connectivity index (χ0v) is 12.3. The lowest BCUT2D eigenvalue weighted by Gasteiger charge is -2.15. The Morgan fingerprint density at radius 2 is 2.00 bits per heavy atom. The van der Waals surface area contributed by atoms with Gasteiger partial charge < -0.3 is 10.7 Å². The third-order valence-corrected chi connectivity index (χ3v) is 3.27. The van der Waals surface area contributed by atoms with Crippen molar-refractivity contribution in [3.8, 4) is 0 Å². The van der Waals surface area contributed by atoms with Gasteiger partial charge in [0.05, 0.1) is 0 Å². The minimum Gasteiger partial charge on any atom is -0.340 e. The summed E-state index contributed by atoms with van der Waals surface area (Å²) in [5.41, 5.74) is 5.61. The normalized spacial score (nSPS) is 10.4. The summed E-state index contributed by atoms with van der Waals surface area (Å²) < 4.78 is 0. The van der Waals surface area contributed by atoms with Crippen LogP contribution in [0.25, 0.3) is 0 Å². The topological polar surface area (TPSA) is 75.9 Å². The molecule has 4 N–H and O–H groups in total. The number of nitrogens with zero attached hydrogens (tertiary/aromatic N) is 2. The number of nitrogen functional groups attached to an aromatic ring is 1. The molecule has 0 saturated carbocycles. The number of aryl methyl sites for hydroxylation is 1. The van der Waals surface area contributed by atoms with Gasteiger partial charge in [0.15, 0.2) is 0 Å². The van der Waals surface area contributed by atoms with Gasteiger partial charge in [0.1, 0.15) is 18.0 Å². The second-order valence-corrected chi connectivity index (χ2v) is 4.96. The van der Waals surface area contributed by atoms with E-state index in [2.05, 4.69) is 27.6 Å². The van der Waals surface area contributed by atoms with Crippen LogP contribution in [-0.2, 0) is 6.42 Å². The molecule has 6 heteroatoms. The number of nitrogens with one attached hydrogen (secondary N) is 2. The van der Waals surface area contributed by atoms with Gasteiger partial charge in [-0.3, -0.25) is 0 Å². The first-order chi connectivity index (χ1) is 9.65. The molecule has 0 aliphatic rings. The van der Waals surface area contributed by atoms with Crippen LogP contribution in [0.3, 0.4) is 0 Å². The Labute approximate surface area is 123 Å². The predicted molar refractivity (Wildman–Crippen MR) is 83.3 cm³/mol. The number of rotatable bonds is 5. The summed E-state index contributed by atoms with van der Waals surface area (Å²) >= 11 is 6.04. The van der Waals surface area contributed by atoms with E-state index >= 15 is 0 Å². The van der Waals surface area contributed by atoms with Gasteiger partial charge in [0.2, 0.25) is 0 Å². The zero-order chi connectivity index (χ0) is 14.5. The van der Waals surface area contributed by atoms with Crippen molar-refractivity contribution in [3.05, 3.63) is 40.7 Å². The van der Waals surface area contributed by atoms with Crippen molar-refractivity contribution >= 4 is 28.9 Å². The number of nitrogens with two attached hydrogens (primary N) is 1. The highest BCUT2D eigenvalue weighted by Gasteiger charge is 2.11. The molecule has 0 aliphatic carbocycles. The molecule has 1 aromatic carbocycles. The lowest BCUT2D eigenvalue weighted by molar-refractivity contribution is 0.903. The highest BCUT2D eigenvalue weighted by atomic mass is 35.5. The molecule has 0 unspecified atom stereocenters. The number of hydrazine groups is 1. The molecule has 1 heterocycles. The van der Waals surface area contributed by atoms with Gasteiger partial charge in [-0.25, -0.2) is 15.8 Å². The molecule has 0 fully saturated rings. The van der Waals surface area contributed by atoms with E-state index in [4.69, 9.17) is 17.4 Å². The van der Waals surface area contributed by atoms with Gasteiger partial charge in [0, 0.05) is 16.3 Å². The van der Waals surface area contributed by atoms with E-state index in [1.165, 1.54) is 6.33 Å². The van der Waals surface area contributed by atoms with E-state index in [0.29, 0.717) is 10.8 Å². The molecule has 0 spiro atoms. The van der Waals surface area contributed by atoms with Crippen molar-refractivity contribution in [1.82, 2.24) is 9.97 Å². The highest BCUT2D eigenvalue weighted by molar-refractivity contribution is 6.30. The molecule has 2 rings (SSSR count). The summed E-state index contributed by atoms with van der Waals surface area (Å²) in [5, 5.41) is 3.99. The van der Waals surface area contributed by atoms with Crippen LogP contribution in [-0.4, -0.2) is 9.97 Å². The van der Waals surface area contributed by atoms with Crippen molar-refractivity contribution in [2.24, 2.45) is 5.84 Å². The summed E-state index contributed by atoms with van der Waals surface area (Å²) in [4.78, 5) is 8.46. The Bertz CT molecular complexity index is 600. The molecule has 0 atom stereocenters. The second-order valence-electron chi connectivity index (χ2n) is 4.53. The number of aromatic nitrogens is 2. The molecular weight excluding hydrogens is 274 g/mol. The maximum absolute atomic E-state index is 6.04. The molecule has 106 valence electrons. The summed E-state index contributed by atoms with van der Waals surface area (Å²) in [6, 6.07) is 5.71. The molecule has 0 amide bonds. The van der Waals surface area contributed by atoms with Gasteiger partial charge in [-0.15, -0.1) is 0 Å². The lowest BCUT2D eigenvalue weighted by Crippen LogP contribution is -2.13. The second kappa shape index (κ2) is 6.54. The molecule has 1 aromatic heterocycles. The molecule has 0 aliphatic heterocycles. The predicted octanol–water partition coefficient (Wildman–Crippen LogP) is 3.42. The van der Waals surface area contributed by atoms with Gasteiger partial charge in [-0.2, -0.15) is 0 Å². The van der Waals surface area contributed by atoms with Crippen LogP contribution in [0.4, 0.5) is 17.3 Å². The monoisotopic (exact) mass is 291 g/mol. The smallest absolute Gasteiger partial charge is 0.148 e. The van der Waals surface area contributed by atoms with Crippen LogP contribution in [0.5, 0.6) is 0 Å². The van der Waals surface area contributed by atoms with Crippen LogP contribution in [0.15, 0.2) is 24.5 Å². The van der Waals surface area contributed by atoms with E-state index in [1.54, 1.807) is 0 Å². The Hall–Kier alpha value is -1.85. The summed E-state index contributed by atoms with van der Waals surface area (Å²) in [6.07, 6.45) is 3.30. The molecule has 0 saturated heterocycles. The SMILES string of the molecule is CCCc1c(NN)ncnc1Nc1cc(Cl)ccc1C. The molecular formula is C14H18ClN5. The van der Waals surface area contributed by atoms with E-state index in [1.807, 2.05) is 25.1 Å². The molecule has 5 nitrogen and oxygen atoms in total. The average Bonchev–Trinajstić information content (AvgIpc) is 2.45. The van der Waals surface area contributed by atoms with E-state index in [0.717, 1.165) is 35.5 Å². The van der Waals surface area contributed by atoms with Gasteiger partial charge in [-0.05, 0) is 31.0 Å². The van der Waals surface area contributed by atoms with Gasteiger partial charge in [-0.1, -0.05) is 31.0 Å². The number of benzene rings is 1. The van der Waals surface area contributed by atoms with Crippen LogP contribution in [0.2, 0.25) is 5.02 Å². The van der Waals surface area contributed by atoms with Crippen LogP contribution in [0.1, 0.15) is 24.5 Å². The molecule has 2 aromatic rings. The summed E-state index contributed by atoms with van der Waals surface area (Å²) in [5.74, 6) is 6.90. The van der Waals surface area contributed by atoms with Crippen LogP contribution >= 0.6 is 11.6 Å². The van der Waals surface area contributed by atoms with Crippen molar-refractivity contribution < 1.29 is 0 Å². The summed E-state index contributed by atoms with van der Waals surface area (Å²) in [7, 11) is 0. The minimum absolute atomic E-state index is 0.643. The summed E-state index contributed by atoms with van der Waals surface area (Å²) in [6.45, 7) is 4.11. The minimum atomic E-state index is 0.643. The maximum Gasteiger partial charge on any atom is 0.148 e. The zero-order valence-electron chi connectivity index (χ0n) is 11.6. The van der Waals surface area contributed by atoms with Crippen molar-refractivity contribution in [2.75, 3.05) is 10.7 Å². The Morgan fingerprint density at radius 1 is 1.25 bits per heavy atom. The lowest BCUT2D eigenvalue weighted by atomic mass is 10.1. The van der Waals surface area contributed by atoms with Crippen LogP contribution in [0, 0.1) is 6.92 Å². The van der Waals surface area contributed by atoms with E-state index < -0.39 is 0 Å². The fourth-order valence-corrected chi connectivity index (χ4v) is 2.16. The average molecular weight is 292 g/mol. The quantitative estimate of drug-likeness (QED) is 0.581. The largest absolute Gasteiger partial charge is 0.340 e. The van der Waals surface area contributed by atoms with Crippen molar-refractivity contribution in [3.63, 3.8) is 0 Å². The standard InChI is InChI=1S/C14H18ClN5/c1-3-4-11-13(17-8-18-14(11)20-16)19-12-7-10(15)6-5-9(12)2/h5-8H,3-4,16H2,1-2H3,(H2,17,18,19,20). The van der Waals surface area contributed by atoms with Crippen molar-refractivity contribution in [1.29, 1.82) is 0 Å². The third kappa shape index (κ3) is 3.18. The molecule has 0 radical (unpaired) electrons. The first kappa shape index (κ1) is 14.6. The third-order valence-electron chi connectivity index (χ3n) is 3.03. The fourth-order valence-electron chi connectivity index (χ4n) is 1.99. The Kier molecular flexibility index (Phi) is 4.76. The Morgan fingerprint density at radius 3 is 2.70 bits per heavy atom. The molecule has 20 heavy (non-hydrogen) atoms. The van der Waals surface area contributed by atoms with Crippen molar-refractivity contribution in [2.45, 2.75) is 26.7 Å². The first-order valence-corrected chi connectivity index (χ1v) is 6.87. The van der Waals surface area contributed by atoms with Crippen LogP contribution < -0.4 is 16.6 Å². The number of hydrogen-bond donors (Lipinski definition) is 3.